The Kier molecular flexibility index (Phi) is 4.47. The van der Waals surface area contributed by atoms with Crippen LogP contribution in [0.4, 0.5) is 0 Å². The highest BCUT2D eigenvalue weighted by Crippen LogP contribution is 2.32. The molecule has 1 saturated heterocycles. The predicted molar refractivity (Wildman–Crippen MR) is 80.2 cm³/mol. The van der Waals surface area contributed by atoms with Crippen LogP contribution in [0, 0.1) is 0 Å². The molecule has 1 N–H and O–H groups in total. The summed E-state index contributed by atoms with van der Waals surface area (Å²) < 4.78 is 15.9. The third kappa shape index (κ3) is 3.81. The molecular formula is C16H17NO6. The number of ether oxygens (including phenoxy) is 3. The van der Waals surface area contributed by atoms with Gasteiger partial charge in [-0.05, 0) is 23.8 Å². The summed E-state index contributed by atoms with van der Waals surface area (Å²) in [5, 5.41) is 8.80. The molecule has 1 fully saturated rings. The number of hydrogen-bond acceptors (Lipinski definition) is 5. The Labute approximate surface area is 133 Å². The number of amides is 1. The smallest absolute Gasteiger partial charge is 0.306 e. The van der Waals surface area contributed by atoms with Crippen LogP contribution in [0.2, 0.25) is 0 Å². The largest absolute Gasteiger partial charge is 0.481 e. The van der Waals surface area contributed by atoms with Gasteiger partial charge in [0.1, 0.15) is 0 Å². The van der Waals surface area contributed by atoms with Gasteiger partial charge in [0.05, 0.1) is 19.1 Å². The average Bonchev–Trinajstić information content (AvgIpc) is 3.00. The number of rotatable bonds is 4. The van der Waals surface area contributed by atoms with Gasteiger partial charge in [0.15, 0.2) is 11.5 Å². The van der Waals surface area contributed by atoms with E-state index in [1.807, 2.05) is 6.07 Å². The van der Waals surface area contributed by atoms with Crippen molar-refractivity contribution in [2.24, 2.45) is 0 Å². The summed E-state index contributed by atoms with van der Waals surface area (Å²) in [7, 11) is 0. The molecule has 1 aromatic rings. The van der Waals surface area contributed by atoms with Gasteiger partial charge in [-0.25, -0.2) is 0 Å². The molecule has 3 rings (SSSR count). The van der Waals surface area contributed by atoms with Crippen molar-refractivity contribution < 1.29 is 28.9 Å². The van der Waals surface area contributed by atoms with Crippen LogP contribution in [0.1, 0.15) is 12.0 Å². The van der Waals surface area contributed by atoms with Gasteiger partial charge in [-0.1, -0.05) is 6.07 Å². The van der Waals surface area contributed by atoms with Gasteiger partial charge < -0.3 is 24.2 Å². The monoisotopic (exact) mass is 319 g/mol. The Hall–Kier alpha value is -2.54. The molecule has 7 nitrogen and oxygen atoms in total. The molecule has 7 heteroatoms. The molecule has 0 radical (unpaired) electrons. The number of benzene rings is 1. The zero-order chi connectivity index (χ0) is 16.2. The second-order valence-corrected chi connectivity index (χ2v) is 5.32. The van der Waals surface area contributed by atoms with Gasteiger partial charge in [-0.2, -0.15) is 0 Å². The van der Waals surface area contributed by atoms with Crippen LogP contribution in [0.25, 0.3) is 6.08 Å². The summed E-state index contributed by atoms with van der Waals surface area (Å²) in [4.78, 5) is 24.5. The molecule has 23 heavy (non-hydrogen) atoms. The van der Waals surface area contributed by atoms with Gasteiger partial charge in [-0.3, -0.25) is 9.59 Å². The molecule has 1 unspecified atom stereocenters. The second kappa shape index (κ2) is 6.70. The molecule has 1 amide bonds. The van der Waals surface area contributed by atoms with E-state index in [9.17, 15) is 9.59 Å². The van der Waals surface area contributed by atoms with E-state index in [1.54, 1.807) is 23.1 Å². The molecule has 2 aliphatic rings. The molecule has 0 aromatic heterocycles. The lowest BCUT2D eigenvalue weighted by molar-refractivity contribution is -0.145. The van der Waals surface area contributed by atoms with E-state index in [0.717, 1.165) is 5.56 Å². The topological polar surface area (TPSA) is 85.3 Å². The Morgan fingerprint density at radius 3 is 2.96 bits per heavy atom. The van der Waals surface area contributed by atoms with Crippen LogP contribution in [0.3, 0.4) is 0 Å². The SMILES string of the molecule is O=C(O)CC1CN(C(=O)C=Cc2ccc3c(c2)OCO3)CCO1. The summed E-state index contributed by atoms with van der Waals surface area (Å²) in [6, 6.07) is 5.44. The van der Waals surface area contributed by atoms with Crippen LogP contribution in [-0.4, -0.2) is 54.5 Å². The van der Waals surface area contributed by atoms with Crippen molar-refractivity contribution in [3.63, 3.8) is 0 Å². The zero-order valence-corrected chi connectivity index (χ0v) is 12.4. The van der Waals surface area contributed by atoms with Gasteiger partial charge in [0, 0.05) is 19.2 Å². The van der Waals surface area contributed by atoms with Crippen molar-refractivity contribution in [1.82, 2.24) is 4.90 Å². The lowest BCUT2D eigenvalue weighted by Gasteiger charge is -2.31. The third-order valence-electron chi connectivity index (χ3n) is 3.67. The minimum absolute atomic E-state index is 0.102. The van der Waals surface area contributed by atoms with Crippen LogP contribution in [0.15, 0.2) is 24.3 Å². The molecule has 1 aromatic carbocycles. The molecule has 1 atom stereocenters. The molecule has 2 heterocycles. The van der Waals surface area contributed by atoms with Gasteiger partial charge in [0.2, 0.25) is 12.7 Å². The number of nitrogens with zero attached hydrogens (tertiary/aromatic N) is 1. The van der Waals surface area contributed by atoms with Crippen molar-refractivity contribution in [3.05, 3.63) is 29.8 Å². The van der Waals surface area contributed by atoms with Crippen LogP contribution >= 0.6 is 0 Å². The molecular weight excluding hydrogens is 302 g/mol. The number of carboxylic acids is 1. The summed E-state index contributed by atoms with van der Waals surface area (Å²) in [5.41, 5.74) is 0.831. The summed E-state index contributed by atoms with van der Waals surface area (Å²) in [5.74, 6) is 0.257. The molecule has 122 valence electrons. The number of carbonyl (C=O) groups is 2. The van der Waals surface area contributed by atoms with E-state index < -0.39 is 12.1 Å². The Balaban J connectivity index is 1.60. The molecule has 2 aliphatic heterocycles. The van der Waals surface area contributed by atoms with Gasteiger partial charge >= 0.3 is 5.97 Å². The Bertz CT molecular complexity index is 641. The Morgan fingerprint density at radius 1 is 1.30 bits per heavy atom. The lowest BCUT2D eigenvalue weighted by Crippen LogP contribution is -2.45. The fraction of sp³-hybridized carbons (Fsp3) is 0.375. The van der Waals surface area contributed by atoms with Crippen molar-refractivity contribution in [2.45, 2.75) is 12.5 Å². The fourth-order valence-electron chi connectivity index (χ4n) is 2.53. The van der Waals surface area contributed by atoms with E-state index in [0.29, 0.717) is 24.7 Å². The maximum absolute atomic E-state index is 12.2. The number of aliphatic carboxylic acids is 1. The van der Waals surface area contributed by atoms with E-state index in [1.165, 1.54) is 6.08 Å². The minimum atomic E-state index is -0.930. The van der Waals surface area contributed by atoms with Gasteiger partial charge in [-0.15, -0.1) is 0 Å². The fourth-order valence-corrected chi connectivity index (χ4v) is 2.53. The number of fused-ring (bicyclic) bond motifs is 1. The van der Waals surface area contributed by atoms with E-state index in [4.69, 9.17) is 19.3 Å². The van der Waals surface area contributed by atoms with Crippen molar-refractivity contribution in [3.8, 4) is 11.5 Å². The number of carbonyl (C=O) groups excluding carboxylic acids is 1. The first-order chi connectivity index (χ1) is 11.1. The highest BCUT2D eigenvalue weighted by Gasteiger charge is 2.24. The quantitative estimate of drug-likeness (QED) is 0.838. The van der Waals surface area contributed by atoms with Crippen LogP contribution in [-0.2, 0) is 14.3 Å². The molecule has 0 aliphatic carbocycles. The Morgan fingerprint density at radius 2 is 2.13 bits per heavy atom. The zero-order valence-electron chi connectivity index (χ0n) is 12.4. The van der Waals surface area contributed by atoms with E-state index in [2.05, 4.69) is 0 Å². The second-order valence-electron chi connectivity index (χ2n) is 5.32. The number of carboxylic acid groups (broad SMARTS) is 1. The van der Waals surface area contributed by atoms with Gasteiger partial charge in [0.25, 0.3) is 0 Å². The first kappa shape index (κ1) is 15.4. The maximum atomic E-state index is 12.2. The van der Waals surface area contributed by atoms with E-state index >= 15 is 0 Å². The van der Waals surface area contributed by atoms with Crippen molar-refractivity contribution >= 4 is 18.0 Å². The highest BCUT2D eigenvalue weighted by molar-refractivity contribution is 5.92. The molecule has 0 bridgehead atoms. The standard InChI is InChI=1S/C16H17NO6/c18-15(17-5-6-21-12(9-17)8-16(19)20)4-2-11-1-3-13-14(7-11)23-10-22-13/h1-4,7,12H,5-6,8-10H2,(H,19,20). The normalized spacial score (nSPS) is 20.0. The minimum Gasteiger partial charge on any atom is -0.481 e. The highest BCUT2D eigenvalue weighted by atomic mass is 16.7. The third-order valence-corrected chi connectivity index (χ3v) is 3.67. The predicted octanol–water partition coefficient (Wildman–Crippen LogP) is 1.13. The van der Waals surface area contributed by atoms with Crippen LogP contribution in [0.5, 0.6) is 11.5 Å². The van der Waals surface area contributed by atoms with Crippen molar-refractivity contribution in [2.75, 3.05) is 26.5 Å². The summed E-state index contributed by atoms with van der Waals surface area (Å²) in [6.45, 7) is 1.30. The molecule has 0 saturated carbocycles. The van der Waals surface area contributed by atoms with E-state index in [-0.39, 0.29) is 25.7 Å². The lowest BCUT2D eigenvalue weighted by atomic mass is 10.1. The summed E-state index contributed by atoms with van der Waals surface area (Å²) in [6.07, 6.45) is 2.62. The number of hydrogen-bond donors (Lipinski definition) is 1. The van der Waals surface area contributed by atoms with Crippen molar-refractivity contribution in [1.29, 1.82) is 0 Å². The first-order valence-electron chi connectivity index (χ1n) is 7.32. The van der Waals surface area contributed by atoms with Crippen LogP contribution < -0.4 is 9.47 Å². The average molecular weight is 319 g/mol. The first-order valence-corrected chi connectivity index (χ1v) is 7.32. The maximum Gasteiger partial charge on any atom is 0.306 e. The summed E-state index contributed by atoms with van der Waals surface area (Å²) >= 11 is 0. The molecule has 0 spiro atoms. The number of morpholine rings is 1.